The first-order valence-electron chi connectivity index (χ1n) is 11.3. The summed E-state index contributed by atoms with van der Waals surface area (Å²) < 4.78 is 44.9. The minimum Gasteiger partial charge on any atom is -0.464 e. The number of anilines is 2. The third kappa shape index (κ3) is 3.97. The SMILES string of the molecule is CCOC(=O)[C@H]1c2c[nH]c3c(=O)n(C)cc(c23)-c2cc(CS(C)(=O)=O)ccc2N1c1ccc(F)cc1. The number of pyridine rings is 1. The van der Waals surface area contributed by atoms with Crippen molar-refractivity contribution in [1.82, 2.24) is 9.55 Å². The molecule has 1 aliphatic heterocycles. The van der Waals surface area contributed by atoms with Gasteiger partial charge in [0.15, 0.2) is 15.9 Å². The normalized spacial score (nSPS) is 15.0. The average Bonchev–Trinajstić information content (AvgIpc) is 3.20. The van der Waals surface area contributed by atoms with Gasteiger partial charge in [-0.15, -0.1) is 0 Å². The third-order valence-corrected chi connectivity index (χ3v) is 7.10. The molecule has 5 rings (SSSR count). The quantitative estimate of drug-likeness (QED) is 0.409. The maximum absolute atomic E-state index is 13.8. The molecule has 4 aromatic rings. The molecule has 0 aliphatic carbocycles. The van der Waals surface area contributed by atoms with Crippen LogP contribution in [0.4, 0.5) is 15.8 Å². The Morgan fingerprint density at radius 1 is 1.14 bits per heavy atom. The van der Waals surface area contributed by atoms with Crippen molar-refractivity contribution >= 4 is 38.1 Å². The summed E-state index contributed by atoms with van der Waals surface area (Å²) in [5, 5.41) is 0.554. The number of carbonyl (C=O) groups is 1. The molecule has 0 bridgehead atoms. The number of aromatic nitrogens is 2. The van der Waals surface area contributed by atoms with E-state index in [1.165, 1.54) is 16.7 Å². The molecule has 2 aromatic heterocycles. The van der Waals surface area contributed by atoms with Crippen molar-refractivity contribution in [2.75, 3.05) is 17.8 Å². The summed E-state index contributed by atoms with van der Waals surface area (Å²) >= 11 is 0. The number of hydrogen-bond donors (Lipinski definition) is 1. The number of aromatic amines is 1. The van der Waals surface area contributed by atoms with E-state index in [2.05, 4.69) is 4.98 Å². The summed E-state index contributed by atoms with van der Waals surface area (Å²) in [4.78, 5) is 31.2. The molecule has 0 unspecified atom stereocenters. The molecule has 10 heteroatoms. The van der Waals surface area contributed by atoms with E-state index in [1.54, 1.807) is 61.6 Å². The van der Waals surface area contributed by atoms with Gasteiger partial charge >= 0.3 is 5.97 Å². The number of hydrogen-bond acceptors (Lipinski definition) is 6. The molecule has 1 aliphatic rings. The fraction of sp³-hybridized carbons (Fsp3) is 0.231. The first-order valence-corrected chi connectivity index (χ1v) is 13.4. The lowest BCUT2D eigenvalue weighted by atomic mass is 9.98. The van der Waals surface area contributed by atoms with E-state index in [1.807, 2.05) is 0 Å². The predicted molar refractivity (Wildman–Crippen MR) is 135 cm³/mol. The van der Waals surface area contributed by atoms with Gasteiger partial charge in [-0.3, -0.25) is 4.79 Å². The van der Waals surface area contributed by atoms with Crippen molar-refractivity contribution in [3.63, 3.8) is 0 Å². The van der Waals surface area contributed by atoms with E-state index < -0.39 is 27.7 Å². The summed E-state index contributed by atoms with van der Waals surface area (Å²) in [7, 11) is -1.69. The van der Waals surface area contributed by atoms with Gasteiger partial charge in [0.25, 0.3) is 5.56 Å². The molecule has 36 heavy (non-hydrogen) atoms. The Morgan fingerprint density at radius 3 is 2.53 bits per heavy atom. The first-order chi connectivity index (χ1) is 17.1. The highest BCUT2D eigenvalue weighted by Gasteiger charge is 2.38. The van der Waals surface area contributed by atoms with Crippen LogP contribution in [0, 0.1) is 5.82 Å². The number of carbonyl (C=O) groups excluding carboxylic acids is 1. The first kappa shape index (κ1) is 23.8. The average molecular weight is 510 g/mol. The molecule has 0 spiro atoms. The van der Waals surface area contributed by atoms with Gasteiger partial charge in [0.1, 0.15) is 11.3 Å². The van der Waals surface area contributed by atoms with Gasteiger partial charge in [0.2, 0.25) is 0 Å². The number of ether oxygens (including phenoxy) is 1. The minimum absolute atomic E-state index is 0.143. The van der Waals surface area contributed by atoms with Crippen molar-refractivity contribution in [1.29, 1.82) is 0 Å². The zero-order valence-corrected chi connectivity index (χ0v) is 20.7. The van der Waals surface area contributed by atoms with E-state index in [0.29, 0.717) is 44.5 Å². The van der Waals surface area contributed by atoms with Crippen LogP contribution < -0.4 is 10.5 Å². The highest BCUT2D eigenvalue weighted by atomic mass is 32.2. The van der Waals surface area contributed by atoms with Crippen molar-refractivity contribution in [2.24, 2.45) is 7.05 Å². The minimum atomic E-state index is -3.32. The number of sulfone groups is 1. The number of H-pyrrole nitrogens is 1. The Hall–Kier alpha value is -3.92. The van der Waals surface area contributed by atoms with Crippen molar-refractivity contribution in [3.05, 3.63) is 82.2 Å². The number of fused-ring (bicyclic) bond motifs is 2. The second-order valence-electron chi connectivity index (χ2n) is 8.88. The molecule has 0 amide bonds. The van der Waals surface area contributed by atoms with Gasteiger partial charge in [-0.05, 0) is 48.9 Å². The summed E-state index contributed by atoms with van der Waals surface area (Å²) in [5.41, 5.74) is 3.55. The lowest BCUT2D eigenvalue weighted by molar-refractivity contribution is -0.144. The fourth-order valence-electron chi connectivity index (χ4n) is 4.83. The lowest BCUT2D eigenvalue weighted by Crippen LogP contribution is -2.31. The number of rotatable bonds is 5. The second-order valence-corrected chi connectivity index (χ2v) is 11.0. The van der Waals surface area contributed by atoms with Gasteiger partial charge in [0, 0.05) is 53.5 Å². The van der Waals surface area contributed by atoms with E-state index in [9.17, 15) is 22.4 Å². The molecule has 0 saturated carbocycles. The van der Waals surface area contributed by atoms with Crippen LogP contribution in [0.1, 0.15) is 24.1 Å². The Morgan fingerprint density at radius 2 is 1.86 bits per heavy atom. The van der Waals surface area contributed by atoms with Crippen LogP contribution in [0.15, 0.2) is 59.7 Å². The van der Waals surface area contributed by atoms with Crippen LogP contribution in [-0.4, -0.2) is 36.8 Å². The molecular weight excluding hydrogens is 485 g/mol. The number of nitrogens with zero attached hydrogens (tertiary/aromatic N) is 2. The molecule has 3 heterocycles. The van der Waals surface area contributed by atoms with Gasteiger partial charge in [0.05, 0.1) is 18.0 Å². The number of benzene rings is 2. The topological polar surface area (TPSA) is 101 Å². The summed E-state index contributed by atoms with van der Waals surface area (Å²) in [6.45, 7) is 1.85. The zero-order valence-electron chi connectivity index (χ0n) is 19.9. The maximum Gasteiger partial charge on any atom is 0.333 e. The van der Waals surface area contributed by atoms with Crippen molar-refractivity contribution in [2.45, 2.75) is 18.7 Å². The van der Waals surface area contributed by atoms with Crippen LogP contribution >= 0.6 is 0 Å². The molecule has 186 valence electrons. The molecule has 0 saturated heterocycles. The molecule has 1 atom stereocenters. The maximum atomic E-state index is 13.8. The largest absolute Gasteiger partial charge is 0.464 e. The van der Waals surface area contributed by atoms with Gasteiger partial charge in [-0.25, -0.2) is 17.6 Å². The molecule has 2 aromatic carbocycles. The second kappa shape index (κ2) is 8.63. The standard InChI is InChI=1S/C26H24FN3O5S/c1-4-35-26(32)24-19-12-28-23-22(19)20(13-29(2)25(23)31)18-11-15(14-36(3,33)34)5-10-21(18)30(24)17-8-6-16(27)7-9-17/h5-13,24,28H,4,14H2,1-3H3/t24-/m1/s1. The van der Waals surface area contributed by atoms with Gasteiger partial charge < -0.3 is 19.2 Å². The number of halogens is 1. The highest BCUT2D eigenvalue weighted by Crippen LogP contribution is 2.48. The Labute approximate surface area is 206 Å². The molecule has 0 radical (unpaired) electrons. The Kier molecular flexibility index (Phi) is 5.71. The number of aryl methyl sites for hydroxylation is 1. The monoisotopic (exact) mass is 509 g/mol. The fourth-order valence-corrected chi connectivity index (χ4v) is 5.62. The Bertz CT molecular complexity index is 1670. The van der Waals surface area contributed by atoms with E-state index >= 15 is 0 Å². The molecule has 8 nitrogen and oxygen atoms in total. The van der Waals surface area contributed by atoms with Crippen molar-refractivity contribution in [3.8, 4) is 11.1 Å². The summed E-state index contributed by atoms with van der Waals surface area (Å²) in [5.74, 6) is -1.14. The van der Waals surface area contributed by atoms with Gasteiger partial charge in [-0.1, -0.05) is 6.07 Å². The number of nitrogens with one attached hydrogen (secondary N) is 1. The highest BCUT2D eigenvalue weighted by molar-refractivity contribution is 7.89. The van der Waals surface area contributed by atoms with Crippen LogP contribution in [0.25, 0.3) is 22.0 Å². The predicted octanol–water partition coefficient (Wildman–Crippen LogP) is 3.97. The summed E-state index contributed by atoms with van der Waals surface area (Å²) in [6.07, 6.45) is 4.47. The number of esters is 1. The van der Waals surface area contributed by atoms with E-state index in [4.69, 9.17) is 4.74 Å². The summed E-state index contributed by atoms with van der Waals surface area (Å²) in [6, 6.07) is 9.94. The molecular formula is C26H24FN3O5S. The molecule has 0 fully saturated rings. The van der Waals surface area contributed by atoms with Crippen molar-refractivity contribution < 1.29 is 22.3 Å². The molecule has 1 N–H and O–H groups in total. The van der Waals surface area contributed by atoms with Crippen LogP contribution in [0.5, 0.6) is 0 Å². The van der Waals surface area contributed by atoms with Crippen LogP contribution in [0.3, 0.4) is 0 Å². The Balaban J connectivity index is 1.91. The van der Waals surface area contributed by atoms with Crippen LogP contribution in [-0.2, 0) is 32.2 Å². The third-order valence-electron chi connectivity index (χ3n) is 6.24. The van der Waals surface area contributed by atoms with Crippen LogP contribution in [0.2, 0.25) is 0 Å². The van der Waals surface area contributed by atoms with E-state index in [0.717, 1.165) is 6.26 Å². The smallest absolute Gasteiger partial charge is 0.333 e. The van der Waals surface area contributed by atoms with Gasteiger partial charge in [-0.2, -0.15) is 0 Å². The zero-order chi connectivity index (χ0) is 25.8. The van der Waals surface area contributed by atoms with E-state index in [-0.39, 0.29) is 17.9 Å². The lowest BCUT2D eigenvalue weighted by Gasteiger charge is -2.32.